The van der Waals surface area contributed by atoms with Crippen LogP contribution in [0.1, 0.15) is 12.0 Å². The molecule has 170 valence electrons. The van der Waals surface area contributed by atoms with Crippen LogP contribution in [-0.2, 0) is 4.79 Å². The quantitative estimate of drug-likeness (QED) is 0.473. The topological polar surface area (TPSA) is 82.5 Å². The maximum atomic E-state index is 11.9. The van der Waals surface area contributed by atoms with Crippen molar-refractivity contribution < 1.29 is 9.90 Å². The van der Waals surface area contributed by atoms with E-state index < -0.39 is 0 Å². The summed E-state index contributed by atoms with van der Waals surface area (Å²) in [5.74, 6) is 0.842. The highest BCUT2D eigenvalue weighted by atomic mass is 16.3. The van der Waals surface area contributed by atoms with E-state index in [0.717, 1.165) is 60.0 Å². The lowest BCUT2D eigenvalue weighted by atomic mass is 9.79. The molecule has 0 radical (unpaired) electrons. The van der Waals surface area contributed by atoms with Gasteiger partial charge >= 0.3 is 0 Å². The second-order valence-corrected chi connectivity index (χ2v) is 9.54. The van der Waals surface area contributed by atoms with Crippen LogP contribution in [0.25, 0.3) is 33.1 Å². The Balaban J connectivity index is 1.45. The van der Waals surface area contributed by atoms with Gasteiger partial charge in [-0.25, -0.2) is 9.97 Å². The Morgan fingerprint density at radius 3 is 2.79 bits per heavy atom. The molecule has 6 rings (SSSR count). The molecular weight excluding hydrogens is 426 g/mol. The molecule has 7 heteroatoms. The number of anilines is 1. The van der Waals surface area contributed by atoms with Gasteiger partial charge in [0.25, 0.3) is 0 Å². The average molecular weight is 452 g/mol. The summed E-state index contributed by atoms with van der Waals surface area (Å²) in [6, 6.07) is 13.5. The number of aromatic nitrogens is 3. The van der Waals surface area contributed by atoms with Crippen molar-refractivity contribution in [1.29, 1.82) is 0 Å². The van der Waals surface area contributed by atoms with Gasteiger partial charge in [0.2, 0.25) is 11.9 Å². The van der Waals surface area contributed by atoms with Crippen molar-refractivity contribution >= 4 is 33.7 Å². The summed E-state index contributed by atoms with van der Waals surface area (Å²) < 4.78 is 0. The second kappa shape index (κ2) is 7.52. The van der Waals surface area contributed by atoms with Gasteiger partial charge in [-0.1, -0.05) is 30.8 Å². The number of pyridine rings is 1. The van der Waals surface area contributed by atoms with Crippen molar-refractivity contribution in [2.75, 3.05) is 31.1 Å². The molecule has 2 aromatic carbocycles. The Labute approximate surface area is 197 Å². The number of amides is 1. The van der Waals surface area contributed by atoms with E-state index in [2.05, 4.69) is 16.5 Å². The number of carbonyl (C=O) groups excluding carboxylic acids is 1. The fourth-order valence-electron chi connectivity index (χ4n) is 5.34. The first-order valence-electron chi connectivity index (χ1n) is 11.5. The molecule has 0 atom stereocenters. The van der Waals surface area contributed by atoms with E-state index in [1.807, 2.05) is 48.4 Å². The lowest BCUT2D eigenvalue weighted by Crippen LogP contribution is -2.59. The van der Waals surface area contributed by atoms with Gasteiger partial charge in [-0.3, -0.25) is 9.78 Å². The van der Waals surface area contributed by atoms with Crippen LogP contribution in [0.2, 0.25) is 0 Å². The van der Waals surface area contributed by atoms with E-state index in [9.17, 15) is 9.90 Å². The monoisotopic (exact) mass is 451 g/mol. The number of rotatable bonds is 3. The van der Waals surface area contributed by atoms with Crippen LogP contribution in [0.5, 0.6) is 5.75 Å². The summed E-state index contributed by atoms with van der Waals surface area (Å²) in [5, 5.41) is 12.4. The van der Waals surface area contributed by atoms with Crippen LogP contribution in [0, 0.1) is 12.3 Å². The maximum Gasteiger partial charge on any atom is 0.245 e. The van der Waals surface area contributed by atoms with Crippen LogP contribution in [0.3, 0.4) is 0 Å². The SMILES string of the molecule is C=CC(=O)N1CC2(CCN(c3nc(-c4cc(O)cc5ccccc45)c4ncc(C)cc4n3)C2)C1. The van der Waals surface area contributed by atoms with E-state index in [-0.39, 0.29) is 17.1 Å². The van der Waals surface area contributed by atoms with Crippen LogP contribution >= 0.6 is 0 Å². The Kier molecular flexibility index (Phi) is 4.55. The number of hydrogen-bond donors (Lipinski definition) is 1. The predicted octanol–water partition coefficient (Wildman–Crippen LogP) is 4.08. The minimum absolute atomic E-state index is 0.00868. The zero-order chi connectivity index (χ0) is 23.4. The zero-order valence-corrected chi connectivity index (χ0v) is 19.0. The lowest BCUT2D eigenvalue weighted by Gasteiger charge is -2.47. The lowest BCUT2D eigenvalue weighted by molar-refractivity contribution is -0.136. The van der Waals surface area contributed by atoms with Crippen molar-refractivity contribution in [3.63, 3.8) is 0 Å². The van der Waals surface area contributed by atoms with Gasteiger partial charge in [-0.2, -0.15) is 0 Å². The molecule has 34 heavy (non-hydrogen) atoms. The number of aryl methyl sites for hydroxylation is 1. The zero-order valence-electron chi connectivity index (χ0n) is 19.0. The normalized spacial score (nSPS) is 16.9. The van der Waals surface area contributed by atoms with Crippen LogP contribution in [0.4, 0.5) is 5.95 Å². The third-order valence-corrected chi connectivity index (χ3v) is 7.02. The third-order valence-electron chi connectivity index (χ3n) is 7.02. The highest BCUT2D eigenvalue weighted by Crippen LogP contribution is 2.42. The Bertz CT molecular complexity index is 1480. The first-order chi connectivity index (χ1) is 16.4. The smallest absolute Gasteiger partial charge is 0.245 e. The van der Waals surface area contributed by atoms with E-state index in [0.29, 0.717) is 17.2 Å². The summed E-state index contributed by atoms with van der Waals surface area (Å²) in [5.41, 5.74) is 4.15. The number of phenolic OH excluding ortho intramolecular Hbond substituents is 1. The van der Waals surface area contributed by atoms with Crippen molar-refractivity contribution in [1.82, 2.24) is 19.9 Å². The molecule has 4 aromatic rings. The molecule has 0 unspecified atom stereocenters. The predicted molar refractivity (Wildman–Crippen MR) is 133 cm³/mol. The third kappa shape index (κ3) is 3.27. The molecule has 2 aliphatic heterocycles. The van der Waals surface area contributed by atoms with Gasteiger partial charge in [0, 0.05) is 43.4 Å². The number of phenols is 1. The summed E-state index contributed by atoms with van der Waals surface area (Å²) in [4.78, 5) is 30.6. The van der Waals surface area contributed by atoms with E-state index in [1.165, 1.54) is 6.08 Å². The minimum atomic E-state index is -0.00868. The second-order valence-electron chi connectivity index (χ2n) is 9.54. The largest absolute Gasteiger partial charge is 0.508 e. The molecule has 1 amide bonds. The Morgan fingerprint density at radius 2 is 1.97 bits per heavy atom. The molecule has 2 saturated heterocycles. The summed E-state index contributed by atoms with van der Waals surface area (Å²) in [6.07, 6.45) is 4.20. The molecule has 2 aliphatic rings. The number of carbonyl (C=O) groups is 1. The molecule has 0 saturated carbocycles. The Hall–Kier alpha value is -4.00. The molecule has 1 N–H and O–H groups in total. The first-order valence-corrected chi connectivity index (χ1v) is 11.5. The molecule has 2 fully saturated rings. The van der Waals surface area contributed by atoms with E-state index >= 15 is 0 Å². The van der Waals surface area contributed by atoms with Crippen LogP contribution in [-0.4, -0.2) is 57.0 Å². The fourth-order valence-corrected chi connectivity index (χ4v) is 5.34. The molecule has 2 aromatic heterocycles. The Morgan fingerprint density at radius 1 is 1.15 bits per heavy atom. The van der Waals surface area contributed by atoms with E-state index in [4.69, 9.17) is 9.97 Å². The van der Waals surface area contributed by atoms with Gasteiger partial charge in [0.1, 0.15) is 17.0 Å². The summed E-state index contributed by atoms with van der Waals surface area (Å²) >= 11 is 0. The number of hydrogen-bond acceptors (Lipinski definition) is 6. The maximum absolute atomic E-state index is 11.9. The number of benzene rings is 2. The van der Waals surface area contributed by atoms with Gasteiger partial charge in [-0.05, 0) is 54.0 Å². The minimum Gasteiger partial charge on any atom is -0.508 e. The van der Waals surface area contributed by atoms with Crippen molar-refractivity contribution in [2.45, 2.75) is 13.3 Å². The average Bonchev–Trinajstić information content (AvgIpc) is 3.27. The molecule has 0 aliphatic carbocycles. The van der Waals surface area contributed by atoms with Crippen molar-refractivity contribution in [3.8, 4) is 17.0 Å². The number of likely N-dealkylation sites (tertiary alicyclic amines) is 1. The van der Waals surface area contributed by atoms with Crippen molar-refractivity contribution in [3.05, 3.63) is 66.9 Å². The summed E-state index contributed by atoms with van der Waals surface area (Å²) in [6.45, 7) is 8.72. The van der Waals surface area contributed by atoms with Crippen LogP contribution < -0.4 is 4.90 Å². The molecule has 0 bridgehead atoms. The first kappa shape index (κ1) is 20.6. The number of fused-ring (bicyclic) bond motifs is 2. The number of nitrogens with zero attached hydrogens (tertiary/aromatic N) is 5. The molecule has 4 heterocycles. The summed E-state index contributed by atoms with van der Waals surface area (Å²) in [7, 11) is 0. The molecule has 1 spiro atoms. The standard InChI is InChI=1S/C27H25N5O2/c1-3-23(34)32-15-27(16-32)8-9-31(14-27)26-29-22-10-17(2)13-28-25(22)24(30-26)21-12-19(33)11-18-6-4-5-7-20(18)21/h3-7,10-13,33H,1,8-9,14-16H2,2H3. The van der Waals surface area contributed by atoms with Gasteiger partial charge in [-0.15, -0.1) is 0 Å². The van der Waals surface area contributed by atoms with Gasteiger partial charge in [0.05, 0.1) is 5.52 Å². The van der Waals surface area contributed by atoms with Gasteiger partial charge in [0.15, 0.2) is 0 Å². The highest BCUT2D eigenvalue weighted by Gasteiger charge is 2.49. The van der Waals surface area contributed by atoms with Crippen molar-refractivity contribution in [2.24, 2.45) is 5.41 Å². The molecule has 7 nitrogen and oxygen atoms in total. The van der Waals surface area contributed by atoms with Crippen LogP contribution in [0.15, 0.2) is 61.3 Å². The number of aromatic hydroxyl groups is 1. The highest BCUT2D eigenvalue weighted by molar-refractivity contribution is 6.03. The molecular formula is C27H25N5O2. The fraction of sp³-hybridized carbons (Fsp3) is 0.259. The van der Waals surface area contributed by atoms with Gasteiger partial charge < -0.3 is 14.9 Å². The van der Waals surface area contributed by atoms with E-state index in [1.54, 1.807) is 12.1 Å².